The van der Waals surface area contributed by atoms with Crippen molar-refractivity contribution in [2.75, 3.05) is 0 Å². The van der Waals surface area contributed by atoms with Crippen LogP contribution in [0.15, 0.2) is 0 Å². The SMILES string of the molecule is [C-]#N.[C-]#N.[C-]#N.[C-]#N.[C-]#N.[C-]#N.[Fe+2].[Fe+2].[Na+].[Na+]. The van der Waals surface area contributed by atoms with Crippen LogP contribution in [0, 0.1) is 71.0 Å². The van der Waals surface area contributed by atoms with Gasteiger partial charge in [0.2, 0.25) is 0 Å². The van der Waals surface area contributed by atoms with E-state index in [2.05, 4.69) is 0 Å². The molecule has 0 aromatic rings. The van der Waals surface area contributed by atoms with E-state index in [9.17, 15) is 0 Å². The Balaban J connectivity index is -0.00000000321. The van der Waals surface area contributed by atoms with Crippen LogP contribution in [0.25, 0.3) is 0 Å². The van der Waals surface area contributed by atoms with E-state index in [-0.39, 0.29) is 93.3 Å². The van der Waals surface area contributed by atoms with Crippen molar-refractivity contribution in [3.8, 4) is 0 Å². The van der Waals surface area contributed by atoms with Gasteiger partial charge in [0.05, 0.1) is 0 Å². The molecule has 0 atom stereocenters. The molecule has 0 aliphatic rings. The van der Waals surface area contributed by atoms with Gasteiger partial charge in [-0.05, 0) is 0 Å². The Labute approximate surface area is 162 Å². The van der Waals surface area contributed by atoms with Crippen molar-refractivity contribution in [2.45, 2.75) is 0 Å². The Morgan fingerprint density at radius 1 is 0.312 bits per heavy atom. The third kappa shape index (κ3) is 5320000. The average molecular weight is 314 g/mol. The standard InChI is InChI=1S/6CN.2Fe.2Na/c6*1-2;;;;/q6*-1;2*+2;2*+1. The molecule has 0 fully saturated rings. The second-order valence-electron chi connectivity index (χ2n) is 0. The molecule has 0 aromatic heterocycles. The van der Waals surface area contributed by atoms with Crippen LogP contribution in [-0.4, -0.2) is 0 Å². The third-order valence-corrected chi connectivity index (χ3v) is 0. The maximum atomic E-state index is 6.25. The molecule has 10 heteroatoms. The van der Waals surface area contributed by atoms with Crippen LogP contribution in [0.2, 0.25) is 0 Å². The molecule has 0 bridgehead atoms. The van der Waals surface area contributed by atoms with Crippen molar-refractivity contribution in [3.63, 3.8) is 0 Å². The molecule has 16 heavy (non-hydrogen) atoms. The number of hydrogen-bond acceptors (Lipinski definition) is 6. The van der Waals surface area contributed by atoms with Crippen molar-refractivity contribution in [2.24, 2.45) is 0 Å². The van der Waals surface area contributed by atoms with E-state index >= 15 is 0 Å². The number of rotatable bonds is 0. The first-order chi connectivity index (χ1) is 6.00. The molecular formula is C6Fe2N6Na2. The van der Waals surface area contributed by atoms with Crippen LogP contribution in [0.1, 0.15) is 0 Å². The molecule has 0 amide bonds. The van der Waals surface area contributed by atoms with Crippen molar-refractivity contribution >= 4 is 0 Å². The average Bonchev–Trinajstić information content (AvgIpc) is 2.33. The van der Waals surface area contributed by atoms with Crippen molar-refractivity contribution < 1.29 is 93.3 Å². The molecule has 0 spiro atoms. The summed E-state index contributed by atoms with van der Waals surface area (Å²) in [5, 5.41) is 37.5. The molecule has 0 aromatic carbocycles. The Hall–Kier alpha value is -0.0210. The van der Waals surface area contributed by atoms with E-state index in [0.29, 0.717) is 0 Å². The normalized spacial score (nSPS) is 0.750. The summed E-state index contributed by atoms with van der Waals surface area (Å²) >= 11 is 0. The van der Waals surface area contributed by atoms with Gasteiger partial charge in [0, 0.05) is 0 Å². The molecule has 6 nitrogen and oxygen atoms in total. The van der Waals surface area contributed by atoms with E-state index in [1.807, 2.05) is 0 Å². The zero-order valence-corrected chi connectivity index (χ0v) is 14.6. The van der Waals surface area contributed by atoms with Gasteiger partial charge in [0.1, 0.15) is 0 Å². The van der Waals surface area contributed by atoms with E-state index in [0.717, 1.165) is 0 Å². The fraction of sp³-hybridized carbons (Fsp3) is 0. The molecule has 0 heterocycles. The predicted molar refractivity (Wildman–Crippen MR) is 29.8 cm³/mol. The van der Waals surface area contributed by atoms with Crippen LogP contribution in [0.3, 0.4) is 0 Å². The molecular weight excluding hydrogens is 314 g/mol. The zero-order chi connectivity index (χ0) is 12.0. The van der Waals surface area contributed by atoms with Crippen molar-refractivity contribution in [3.05, 3.63) is 39.4 Å². The van der Waals surface area contributed by atoms with E-state index in [1.54, 1.807) is 0 Å². The van der Waals surface area contributed by atoms with Gasteiger partial charge < -0.3 is 71.0 Å². The molecule has 0 rings (SSSR count). The summed E-state index contributed by atoms with van der Waals surface area (Å²) in [6.45, 7) is 28.5. The second-order valence-corrected chi connectivity index (χ2v) is 0. The van der Waals surface area contributed by atoms with E-state index in [4.69, 9.17) is 71.0 Å². The fourth-order valence-electron chi connectivity index (χ4n) is 0. The Morgan fingerprint density at radius 3 is 0.312 bits per heavy atom. The van der Waals surface area contributed by atoms with E-state index in [1.165, 1.54) is 0 Å². The molecule has 0 radical (unpaired) electrons. The summed E-state index contributed by atoms with van der Waals surface area (Å²) < 4.78 is 0. The topological polar surface area (TPSA) is 143 Å². The first kappa shape index (κ1) is 100. The summed E-state index contributed by atoms with van der Waals surface area (Å²) in [7, 11) is 0. The van der Waals surface area contributed by atoms with Crippen molar-refractivity contribution in [1.82, 2.24) is 0 Å². The molecule has 72 valence electrons. The first-order valence-corrected chi connectivity index (χ1v) is 1.34. The summed E-state index contributed by atoms with van der Waals surface area (Å²) in [4.78, 5) is 0. The quantitative estimate of drug-likeness (QED) is 0.322. The minimum Gasteiger partial charge on any atom is -0.512 e. The second kappa shape index (κ2) is 6610000. The summed E-state index contributed by atoms with van der Waals surface area (Å²) in [6, 6.07) is 0. The maximum Gasteiger partial charge on any atom is 2.00 e. The Bertz CT molecular complexity index is 104. The Kier molecular flexibility index (Phi) is 41400000. The van der Waals surface area contributed by atoms with Gasteiger partial charge in [0.15, 0.2) is 0 Å². The molecule has 0 aliphatic heterocycles. The monoisotopic (exact) mass is 314 g/mol. The summed E-state index contributed by atoms with van der Waals surface area (Å²) in [6.07, 6.45) is 0. The molecule has 0 saturated carbocycles. The van der Waals surface area contributed by atoms with Crippen LogP contribution in [0.4, 0.5) is 0 Å². The smallest absolute Gasteiger partial charge is 0.512 e. The summed E-state index contributed by atoms with van der Waals surface area (Å²) in [5.41, 5.74) is 0. The predicted octanol–water partition coefficient (Wildman–Crippen LogP) is -5.42. The molecule has 0 saturated heterocycles. The van der Waals surface area contributed by atoms with Gasteiger partial charge >= 0.3 is 93.3 Å². The fourth-order valence-corrected chi connectivity index (χ4v) is 0. The minimum atomic E-state index is 0. The van der Waals surface area contributed by atoms with Crippen LogP contribution in [-0.2, 0) is 34.1 Å². The van der Waals surface area contributed by atoms with Gasteiger partial charge in [0.25, 0.3) is 0 Å². The van der Waals surface area contributed by atoms with Gasteiger partial charge in [-0.1, -0.05) is 0 Å². The molecule has 0 aliphatic carbocycles. The van der Waals surface area contributed by atoms with Crippen LogP contribution in [0.5, 0.6) is 0 Å². The molecule has 0 N–H and O–H groups in total. The van der Waals surface area contributed by atoms with Gasteiger partial charge in [-0.2, -0.15) is 0 Å². The van der Waals surface area contributed by atoms with E-state index < -0.39 is 0 Å². The first-order valence-electron chi connectivity index (χ1n) is 1.34. The van der Waals surface area contributed by atoms with Crippen LogP contribution >= 0.6 is 0 Å². The summed E-state index contributed by atoms with van der Waals surface area (Å²) in [5.74, 6) is 0. The zero-order valence-electron chi connectivity index (χ0n) is 8.39. The number of nitrogens with zero attached hydrogens (tertiary/aromatic N) is 6. The third-order valence-electron chi connectivity index (χ3n) is 0. The van der Waals surface area contributed by atoms with Crippen LogP contribution < -0.4 is 59.1 Å². The van der Waals surface area contributed by atoms with Crippen molar-refractivity contribution in [1.29, 1.82) is 31.6 Å². The minimum absolute atomic E-state index is 0. The van der Waals surface area contributed by atoms with Gasteiger partial charge in [-0.25, -0.2) is 0 Å². The Morgan fingerprint density at radius 2 is 0.312 bits per heavy atom. The van der Waals surface area contributed by atoms with Gasteiger partial charge in [-0.15, -0.1) is 0 Å². The largest absolute Gasteiger partial charge is 2.00 e. The molecule has 0 unspecified atom stereocenters. The van der Waals surface area contributed by atoms with Gasteiger partial charge in [-0.3, -0.25) is 0 Å². The maximum absolute atomic E-state index is 6.25. The number of hydrogen-bond donors (Lipinski definition) is 0.